The normalized spacial score (nSPS) is 15.1. The van der Waals surface area contributed by atoms with E-state index in [0.29, 0.717) is 0 Å². The Morgan fingerprint density at radius 1 is 1.50 bits per heavy atom. The molecule has 0 atom stereocenters. The van der Waals surface area contributed by atoms with Gasteiger partial charge in [-0.2, -0.15) is 0 Å². The summed E-state index contributed by atoms with van der Waals surface area (Å²) in [6, 6.07) is 3.28. The summed E-state index contributed by atoms with van der Waals surface area (Å²) in [5, 5.41) is 0. The summed E-state index contributed by atoms with van der Waals surface area (Å²) in [6.45, 7) is 0.912. The Morgan fingerprint density at radius 2 is 2.25 bits per heavy atom. The van der Waals surface area contributed by atoms with Crippen LogP contribution in [0, 0.1) is 5.82 Å². The van der Waals surface area contributed by atoms with E-state index in [4.69, 9.17) is 0 Å². The molecule has 12 heavy (non-hydrogen) atoms. The molecule has 0 saturated carbocycles. The smallest absolute Gasteiger partial charge is 0.128 e. The van der Waals surface area contributed by atoms with Gasteiger partial charge in [-0.25, -0.2) is 4.39 Å². The van der Waals surface area contributed by atoms with Gasteiger partial charge in [-0.3, -0.25) is 0 Å². The first kappa shape index (κ1) is 8.05. The molecular weight excluding hydrogens is 221 g/mol. The predicted octanol–water partition coefficient (Wildman–Crippen LogP) is 2.58. The van der Waals surface area contributed by atoms with Crippen LogP contribution in [0.1, 0.15) is 5.56 Å². The summed E-state index contributed by atoms with van der Waals surface area (Å²) in [7, 11) is 1.98. The molecular formula is C9H9BrFN. The molecule has 0 aromatic heterocycles. The maximum Gasteiger partial charge on any atom is 0.128 e. The van der Waals surface area contributed by atoms with Crippen molar-refractivity contribution in [3.63, 3.8) is 0 Å². The van der Waals surface area contributed by atoms with E-state index < -0.39 is 0 Å². The van der Waals surface area contributed by atoms with Gasteiger partial charge in [0.1, 0.15) is 5.82 Å². The highest BCUT2D eigenvalue weighted by molar-refractivity contribution is 9.10. The SMILES string of the molecule is CN1CCc2c(F)ccc(Br)c21. The lowest BCUT2D eigenvalue weighted by atomic mass is 10.1. The molecule has 0 saturated heterocycles. The molecule has 0 amide bonds. The molecule has 0 unspecified atom stereocenters. The van der Waals surface area contributed by atoms with Crippen LogP contribution < -0.4 is 4.90 Å². The molecule has 64 valence electrons. The standard InChI is InChI=1S/C9H9BrFN/c1-12-5-4-6-8(11)3-2-7(10)9(6)12/h2-3H,4-5H2,1H3. The van der Waals surface area contributed by atoms with Crippen LogP contribution in [0.3, 0.4) is 0 Å². The summed E-state index contributed by atoms with van der Waals surface area (Å²) in [6.07, 6.45) is 0.817. The number of likely N-dealkylation sites (N-methyl/N-ethyl adjacent to an activating group) is 1. The zero-order valence-corrected chi connectivity index (χ0v) is 8.36. The number of rotatable bonds is 0. The second-order valence-electron chi connectivity index (χ2n) is 3.03. The number of benzene rings is 1. The van der Waals surface area contributed by atoms with Gasteiger partial charge in [0.05, 0.1) is 5.69 Å². The van der Waals surface area contributed by atoms with E-state index in [1.54, 1.807) is 6.07 Å². The van der Waals surface area contributed by atoms with Crippen molar-refractivity contribution >= 4 is 21.6 Å². The minimum Gasteiger partial charge on any atom is -0.373 e. The highest BCUT2D eigenvalue weighted by Crippen LogP contribution is 2.35. The largest absolute Gasteiger partial charge is 0.373 e. The molecule has 1 aromatic carbocycles. The van der Waals surface area contributed by atoms with Gasteiger partial charge < -0.3 is 4.90 Å². The van der Waals surface area contributed by atoms with Gasteiger partial charge in [0.25, 0.3) is 0 Å². The number of anilines is 1. The maximum atomic E-state index is 13.2. The van der Waals surface area contributed by atoms with Crippen LogP contribution in [-0.2, 0) is 6.42 Å². The minimum atomic E-state index is -0.0856. The molecule has 1 nitrogen and oxygen atoms in total. The Bertz CT molecular complexity index is 325. The molecule has 0 aliphatic carbocycles. The molecule has 1 aromatic rings. The van der Waals surface area contributed by atoms with Gasteiger partial charge in [0.15, 0.2) is 0 Å². The van der Waals surface area contributed by atoms with E-state index in [0.717, 1.165) is 28.7 Å². The number of hydrogen-bond donors (Lipinski definition) is 0. The Balaban J connectivity index is 2.64. The number of fused-ring (bicyclic) bond motifs is 1. The number of hydrogen-bond acceptors (Lipinski definition) is 1. The van der Waals surface area contributed by atoms with E-state index in [1.807, 2.05) is 7.05 Å². The van der Waals surface area contributed by atoms with E-state index in [2.05, 4.69) is 20.8 Å². The van der Waals surface area contributed by atoms with Crippen molar-refractivity contribution < 1.29 is 4.39 Å². The first-order chi connectivity index (χ1) is 5.70. The summed E-state index contributed by atoms with van der Waals surface area (Å²) >= 11 is 3.41. The lowest BCUT2D eigenvalue weighted by Gasteiger charge is -2.13. The Labute approximate surface area is 79.3 Å². The van der Waals surface area contributed by atoms with Crippen molar-refractivity contribution in [2.24, 2.45) is 0 Å². The van der Waals surface area contributed by atoms with Crippen molar-refractivity contribution in [1.29, 1.82) is 0 Å². The highest BCUT2D eigenvalue weighted by atomic mass is 79.9. The average molecular weight is 230 g/mol. The van der Waals surface area contributed by atoms with Crippen LogP contribution in [0.4, 0.5) is 10.1 Å². The Kier molecular flexibility index (Phi) is 1.83. The van der Waals surface area contributed by atoms with Crippen molar-refractivity contribution in [3.05, 3.63) is 28.0 Å². The first-order valence-electron chi connectivity index (χ1n) is 3.88. The van der Waals surface area contributed by atoms with E-state index in [-0.39, 0.29) is 5.82 Å². The molecule has 0 N–H and O–H groups in total. The molecule has 1 aliphatic heterocycles. The third-order valence-corrected chi connectivity index (χ3v) is 2.90. The molecule has 0 bridgehead atoms. The fourth-order valence-corrected chi connectivity index (χ4v) is 2.30. The van der Waals surface area contributed by atoms with Gasteiger partial charge in [-0.1, -0.05) is 0 Å². The summed E-state index contributed by atoms with van der Waals surface area (Å²) in [5.41, 5.74) is 1.85. The third-order valence-electron chi connectivity index (χ3n) is 2.26. The first-order valence-corrected chi connectivity index (χ1v) is 4.67. The van der Waals surface area contributed by atoms with Crippen LogP contribution >= 0.6 is 15.9 Å². The third kappa shape index (κ3) is 1.04. The molecule has 2 rings (SSSR count). The monoisotopic (exact) mass is 229 g/mol. The number of nitrogens with zero attached hydrogens (tertiary/aromatic N) is 1. The summed E-state index contributed by atoms with van der Waals surface area (Å²) in [5.74, 6) is -0.0856. The molecule has 0 fully saturated rings. The van der Waals surface area contributed by atoms with Gasteiger partial charge in [0.2, 0.25) is 0 Å². The molecule has 3 heteroatoms. The van der Waals surface area contributed by atoms with Crippen molar-refractivity contribution in [2.75, 3.05) is 18.5 Å². The quantitative estimate of drug-likeness (QED) is 0.662. The van der Waals surface area contributed by atoms with Gasteiger partial charge in [-0.05, 0) is 34.5 Å². The van der Waals surface area contributed by atoms with Gasteiger partial charge in [-0.15, -0.1) is 0 Å². The second-order valence-corrected chi connectivity index (χ2v) is 3.88. The summed E-state index contributed by atoms with van der Waals surface area (Å²) < 4.78 is 14.2. The molecule has 0 spiro atoms. The van der Waals surface area contributed by atoms with Gasteiger partial charge in [0, 0.05) is 23.6 Å². The van der Waals surface area contributed by atoms with E-state index in [9.17, 15) is 4.39 Å². The fraction of sp³-hybridized carbons (Fsp3) is 0.333. The van der Waals surface area contributed by atoms with E-state index in [1.165, 1.54) is 6.07 Å². The minimum absolute atomic E-state index is 0.0856. The van der Waals surface area contributed by atoms with Crippen LogP contribution in [0.5, 0.6) is 0 Å². The molecule has 1 heterocycles. The van der Waals surface area contributed by atoms with Crippen LogP contribution in [0.25, 0.3) is 0 Å². The zero-order valence-electron chi connectivity index (χ0n) is 6.77. The lowest BCUT2D eigenvalue weighted by molar-refractivity contribution is 0.615. The van der Waals surface area contributed by atoms with Crippen LogP contribution in [-0.4, -0.2) is 13.6 Å². The Morgan fingerprint density at radius 3 is 2.92 bits per heavy atom. The Hall–Kier alpha value is -0.570. The second kappa shape index (κ2) is 2.73. The van der Waals surface area contributed by atoms with Crippen molar-refractivity contribution in [2.45, 2.75) is 6.42 Å². The highest BCUT2D eigenvalue weighted by Gasteiger charge is 2.21. The zero-order chi connectivity index (χ0) is 8.72. The topological polar surface area (TPSA) is 3.24 Å². The van der Waals surface area contributed by atoms with Crippen LogP contribution in [0.2, 0.25) is 0 Å². The molecule has 1 aliphatic rings. The maximum absolute atomic E-state index is 13.2. The predicted molar refractivity (Wildman–Crippen MR) is 51.1 cm³/mol. The number of halogens is 2. The average Bonchev–Trinajstić information content (AvgIpc) is 2.42. The van der Waals surface area contributed by atoms with Crippen molar-refractivity contribution in [3.8, 4) is 0 Å². The lowest BCUT2D eigenvalue weighted by Crippen LogP contribution is -2.12. The van der Waals surface area contributed by atoms with Crippen molar-refractivity contribution in [1.82, 2.24) is 0 Å². The summed E-state index contributed by atoms with van der Waals surface area (Å²) in [4.78, 5) is 2.07. The molecule has 0 radical (unpaired) electrons. The van der Waals surface area contributed by atoms with Crippen LogP contribution in [0.15, 0.2) is 16.6 Å². The fourth-order valence-electron chi connectivity index (χ4n) is 1.62. The van der Waals surface area contributed by atoms with Gasteiger partial charge >= 0.3 is 0 Å². The van der Waals surface area contributed by atoms with E-state index >= 15 is 0 Å².